The van der Waals surface area contributed by atoms with Crippen molar-refractivity contribution in [2.75, 3.05) is 6.54 Å². The van der Waals surface area contributed by atoms with Crippen LogP contribution < -0.4 is 5.32 Å². The molecule has 0 amide bonds. The second kappa shape index (κ2) is 6.62. The highest BCUT2D eigenvalue weighted by atomic mass is 32.2. The summed E-state index contributed by atoms with van der Waals surface area (Å²) in [5.74, 6) is 0. The normalized spacial score (nSPS) is 12.3. The molecule has 94 valence electrons. The summed E-state index contributed by atoms with van der Waals surface area (Å²) >= 11 is 1.80. The third-order valence-corrected chi connectivity index (χ3v) is 3.89. The molecule has 2 rings (SSSR count). The third kappa shape index (κ3) is 3.62. The lowest BCUT2D eigenvalue weighted by molar-refractivity contribution is 0.598. The molecule has 2 aromatic rings. The third-order valence-electron chi connectivity index (χ3n) is 2.87. The van der Waals surface area contributed by atoms with Gasteiger partial charge in [0.1, 0.15) is 0 Å². The molecule has 0 saturated carbocycles. The number of hydrogen-bond acceptors (Lipinski definition) is 2. The predicted molar refractivity (Wildman–Crippen MR) is 79.1 cm³/mol. The topological polar surface area (TPSA) is 12.0 Å². The minimum absolute atomic E-state index is 0.422. The van der Waals surface area contributed by atoms with Gasteiger partial charge in [-0.3, -0.25) is 0 Å². The van der Waals surface area contributed by atoms with Crippen molar-refractivity contribution in [3.8, 4) is 0 Å². The molecule has 0 heterocycles. The Hall–Kier alpha value is -1.25. The molecule has 0 spiro atoms. The van der Waals surface area contributed by atoms with Crippen LogP contribution in [0.3, 0.4) is 0 Å². The number of benzene rings is 2. The maximum Gasteiger partial charge on any atom is 0.0291 e. The summed E-state index contributed by atoms with van der Waals surface area (Å²) in [7, 11) is 0. The van der Waals surface area contributed by atoms with Crippen LogP contribution in [0.5, 0.6) is 0 Å². The van der Waals surface area contributed by atoms with E-state index in [9.17, 15) is 0 Å². The Morgan fingerprint density at radius 3 is 2.17 bits per heavy atom. The van der Waals surface area contributed by atoms with Gasteiger partial charge in [-0.25, -0.2) is 0 Å². The van der Waals surface area contributed by atoms with Gasteiger partial charge in [0.15, 0.2) is 0 Å². The summed E-state index contributed by atoms with van der Waals surface area (Å²) < 4.78 is 0. The van der Waals surface area contributed by atoms with E-state index in [2.05, 4.69) is 67.7 Å². The first-order valence-corrected chi connectivity index (χ1v) is 7.17. The van der Waals surface area contributed by atoms with Crippen LogP contribution in [0.2, 0.25) is 0 Å². The monoisotopic (exact) mass is 257 g/mol. The van der Waals surface area contributed by atoms with Gasteiger partial charge >= 0.3 is 0 Å². The van der Waals surface area contributed by atoms with Crippen LogP contribution in [0.1, 0.15) is 25.5 Å². The zero-order chi connectivity index (χ0) is 12.8. The van der Waals surface area contributed by atoms with Gasteiger partial charge in [-0.05, 0) is 43.3 Å². The van der Waals surface area contributed by atoms with Gasteiger partial charge in [-0.15, -0.1) is 0 Å². The van der Waals surface area contributed by atoms with Crippen molar-refractivity contribution in [1.29, 1.82) is 0 Å². The molecular formula is C16H19NS. The van der Waals surface area contributed by atoms with Crippen LogP contribution >= 0.6 is 11.8 Å². The van der Waals surface area contributed by atoms with E-state index >= 15 is 0 Å². The van der Waals surface area contributed by atoms with Crippen LogP contribution in [-0.2, 0) is 0 Å². The first kappa shape index (κ1) is 13.2. The Morgan fingerprint density at radius 1 is 0.944 bits per heavy atom. The van der Waals surface area contributed by atoms with Gasteiger partial charge in [-0.1, -0.05) is 49.0 Å². The number of nitrogens with one attached hydrogen (secondary N) is 1. The van der Waals surface area contributed by atoms with E-state index in [4.69, 9.17) is 0 Å². The van der Waals surface area contributed by atoms with Crippen molar-refractivity contribution in [3.05, 3.63) is 60.2 Å². The summed E-state index contributed by atoms with van der Waals surface area (Å²) in [6.45, 7) is 5.33. The standard InChI is InChI=1S/C16H19NS/c1-3-17-13(2)14-9-11-16(12-10-14)18-15-7-5-4-6-8-15/h4-13,17H,3H2,1-2H3. The largest absolute Gasteiger partial charge is 0.310 e. The average Bonchev–Trinajstić information content (AvgIpc) is 2.41. The highest BCUT2D eigenvalue weighted by Crippen LogP contribution is 2.28. The predicted octanol–water partition coefficient (Wildman–Crippen LogP) is 4.51. The summed E-state index contributed by atoms with van der Waals surface area (Å²) in [6, 6.07) is 19.7. The first-order chi connectivity index (χ1) is 8.79. The Kier molecular flexibility index (Phi) is 4.85. The van der Waals surface area contributed by atoms with E-state index in [0.717, 1.165) is 6.54 Å². The van der Waals surface area contributed by atoms with Crippen molar-refractivity contribution >= 4 is 11.8 Å². The molecule has 0 fully saturated rings. The summed E-state index contributed by atoms with van der Waals surface area (Å²) in [6.07, 6.45) is 0. The molecule has 0 aliphatic carbocycles. The van der Waals surface area contributed by atoms with Crippen molar-refractivity contribution in [3.63, 3.8) is 0 Å². The Bertz CT molecular complexity index is 464. The molecule has 0 saturated heterocycles. The van der Waals surface area contributed by atoms with Crippen molar-refractivity contribution in [2.45, 2.75) is 29.7 Å². The lowest BCUT2D eigenvalue weighted by atomic mass is 10.1. The highest BCUT2D eigenvalue weighted by molar-refractivity contribution is 7.99. The SMILES string of the molecule is CCNC(C)c1ccc(Sc2ccccc2)cc1. The molecule has 0 aliphatic heterocycles. The fraction of sp³-hybridized carbons (Fsp3) is 0.250. The molecule has 1 unspecified atom stereocenters. The number of hydrogen-bond donors (Lipinski definition) is 1. The van der Waals surface area contributed by atoms with Crippen LogP contribution in [0.4, 0.5) is 0 Å². The molecule has 0 bridgehead atoms. The van der Waals surface area contributed by atoms with E-state index in [1.54, 1.807) is 11.8 Å². The molecule has 1 nitrogen and oxygen atoms in total. The molecule has 0 aromatic heterocycles. The Balaban J connectivity index is 2.04. The lowest BCUT2D eigenvalue weighted by Crippen LogP contribution is -2.17. The quantitative estimate of drug-likeness (QED) is 0.846. The number of rotatable bonds is 5. The van der Waals surface area contributed by atoms with E-state index < -0.39 is 0 Å². The zero-order valence-electron chi connectivity index (χ0n) is 10.9. The Labute approximate surface area is 114 Å². The molecule has 0 radical (unpaired) electrons. The van der Waals surface area contributed by atoms with Gasteiger partial charge in [0.2, 0.25) is 0 Å². The minimum atomic E-state index is 0.422. The maximum absolute atomic E-state index is 3.42. The van der Waals surface area contributed by atoms with Crippen molar-refractivity contribution in [2.24, 2.45) is 0 Å². The summed E-state index contributed by atoms with van der Waals surface area (Å²) in [4.78, 5) is 2.57. The van der Waals surface area contributed by atoms with Gasteiger partial charge in [0.05, 0.1) is 0 Å². The summed E-state index contributed by atoms with van der Waals surface area (Å²) in [5, 5.41) is 3.42. The second-order valence-electron chi connectivity index (χ2n) is 4.26. The first-order valence-electron chi connectivity index (χ1n) is 6.36. The average molecular weight is 257 g/mol. The van der Waals surface area contributed by atoms with Crippen molar-refractivity contribution in [1.82, 2.24) is 5.32 Å². The fourth-order valence-corrected chi connectivity index (χ4v) is 2.71. The zero-order valence-corrected chi connectivity index (χ0v) is 11.7. The maximum atomic E-state index is 3.42. The smallest absolute Gasteiger partial charge is 0.0291 e. The van der Waals surface area contributed by atoms with E-state index in [1.165, 1.54) is 15.4 Å². The molecule has 0 aliphatic rings. The highest BCUT2D eigenvalue weighted by Gasteiger charge is 2.03. The molecule has 1 atom stereocenters. The van der Waals surface area contributed by atoms with E-state index in [0.29, 0.717) is 6.04 Å². The van der Waals surface area contributed by atoms with Gasteiger partial charge < -0.3 is 5.32 Å². The molecule has 2 aromatic carbocycles. The second-order valence-corrected chi connectivity index (χ2v) is 5.41. The van der Waals surface area contributed by atoms with Crippen LogP contribution in [-0.4, -0.2) is 6.54 Å². The Morgan fingerprint density at radius 2 is 1.56 bits per heavy atom. The van der Waals surface area contributed by atoms with Gasteiger partial charge in [0.25, 0.3) is 0 Å². The molecule has 1 N–H and O–H groups in total. The summed E-state index contributed by atoms with van der Waals surface area (Å²) in [5.41, 5.74) is 1.34. The van der Waals surface area contributed by atoms with Gasteiger partial charge in [-0.2, -0.15) is 0 Å². The molecule has 18 heavy (non-hydrogen) atoms. The van der Waals surface area contributed by atoms with Crippen LogP contribution in [0, 0.1) is 0 Å². The molecular weight excluding hydrogens is 238 g/mol. The van der Waals surface area contributed by atoms with Gasteiger partial charge in [0, 0.05) is 15.8 Å². The lowest BCUT2D eigenvalue weighted by Gasteiger charge is -2.13. The van der Waals surface area contributed by atoms with E-state index in [-0.39, 0.29) is 0 Å². The van der Waals surface area contributed by atoms with Crippen LogP contribution in [0.15, 0.2) is 64.4 Å². The molecule has 2 heteroatoms. The fourth-order valence-electron chi connectivity index (χ4n) is 1.87. The van der Waals surface area contributed by atoms with E-state index in [1.807, 2.05) is 6.07 Å². The van der Waals surface area contributed by atoms with Crippen LogP contribution in [0.25, 0.3) is 0 Å². The van der Waals surface area contributed by atoms with Crippen molar-refractivity contribution < 1.29 is 0 Å². The minimum Gasteiger partial charge on any atom is -0.310 e.